The summed E-state index contributed by atoms with van der Waals surface area (Å²) in [5.74, 6) is 0.319. The van der Waals surface area contributed by atoms with Crippen molar-refractivity contribution in [1.29, 1.82) is 0 Å². The van der Waals surface area contributed by atoms with Crippen molar-refractivity contribution in [3.63, 3.8) is 0 Å². The van der Waals surface area contributed by atoms with Gasteiger partial charge in [0.15, 0.2) is 0 Å². The monoisotopic (exact) mass is 416 g/mol. The Morgan fingerprint density at radius 1 is 1.17 bits per heavy atom. The van der Waals surface area contributed by atoms with Crippen LogP contribution in [0.4, 0.5) is 0 Å². The van der Waals surface area contributed by atoms with Crippen molar-refractivity contribution in [3.05, 3.63) is 65.6 Å². The van der Waals surface area contributed by atoms with Crippen LogP contribution in [0.25, 0.3) is 0 Å². The molecular weight excluding hydrogens is 396 g/mol. The Hall–Kier alpha value is -3.40. The first kappa shape index (κ1) is 20.3. The molecule has 1 aromatic carbocycles. The van der Waals surface area contributed by atoms with Crippen molar-refractivity contribution in [3.8, 4) is 11.5 Å². The number of nitrogens with zero attached hydrogens (tertiary/aromatic N) is 3. The molecule has 0 fully saturated rings. The number of pyridine rings is 1. The number of hydrogen-bond acceptors (Lipinski definition) is 6. The minimum Gasteiger partial charge on any atom is -0.497 e. The summed E-state index contributed by atoms with van der Waals surface area (Å²) in [6.07, 6.45) is 3.00. The molecule has 152 valence electrons. The van der Waals surface area contributed by atoms with Gasteiger partial charge in [-0.2, -0.15) is 8.42 Å². The lowest BCUT2D eigenvalue weighted by molar-refractivity contribution is -0.118. The average Bonchev–Trinajstić information content (AvgIpc) is 2.74. The van der Waals surface area contributed by atoms with Crippen molar-refractivity contribution < 1.29 is 22.7 Å². The lowest BCUT2D eigenvalue weighted by atomic mass is 10.1. The van der Waals surface area contributed by atoms with Crippen LogP contribution in [0.2, 0.25) is 0 Å². The lowest BCUT2D eigenvalue weighted by Crippen LogP contribution is -2.38. The fourth-order valence-corrected chi connectivity index (χ4v) is 3.58. The van der Waals surface area contributed by atoms with Gasteiger partial charge in [0.1, 0.15) is 17.2 Å². The smallest absolute Gasteiger partial charge is 0.345 e. The number of allylic oxidation sites excluding steroid dienone is 1. The summed E-state index contributed by atoms with van der Waals surface area (Å²) in [6.45, 7) is 0.153. The van der Waals surface area contributed by atoms with E-state index in [4.69, 9.17) is 9.47 Å². The number of aromatic nitrogens is 1. The number of rotatable bonds is 6. The van der Waals surface area contributed by atoms with Gasteiger partial charge in [-0.1, -0.05) is 6.07 Å². The van der Waals surface area contributed by atoms with Gasteiger partial charge in [-0.05, 0) is 36.4 Å². The number of amides is 1. The van der Waals surface area contributed by atoms with Gasteiger partial charge in [0.25, 0.3) is 5.91 Å². The highest BCUT2D eigenvalue weighted by molar-refractivity contribution is 7.88. The molecule has 0 spiro atoms. The number of benzene rings is 1. The van der Waals surface area contributed by atoms with E-state index in [2.05, 4.69) is 14.7 Å². The quantitative estimate of drug-likeness (QED) is 0.760. The van der Waals surface area contributed by atoms with Crippen LogP contribution < -0.4 is 14.8 Å². The van der Waals surface area contributed by atoms with Crippen molar-refractivity contribution in [2.24, 2.45) is 4.40 Å². The zero-order valence-electron chi connectivity index (χ0n) is 16.1. The van der Waals surface area contributed by atoms with Gasteiger partial charge in [-0.15, -0.1) is 4.40 Å². The summed E-state index contributed by atoms with van der Waals surface area (Å²) in [5.41, 5.74) is 1.03. The topological polar surface area (TPSA) is 110 Å². The Bertz CT molecular complexity index is 1080. The second kappa shape index (κ2) is 8.31. The summed E-state index contributed by atoms with van der Waals surface area (Å²) in [5, 5.41) is 2.67. The number of nitrogens with one attached hydrogen (secondary N) is 1. The summed E-state index contributed by atoms with van der Waals surface area (Å²) in [6, 6.07) is 10.2. The van der Waals surface area contributed by atoms with E-state index < -0.39 is 16.1 Å². The number of ether oxygens (including phenoxy) is 2. The molecule has 2 heterocycles. The van der Waals surface area contributed by atoms with Gasteiger partial charge < -0.3 is 14.8 Å². The predicted octanol–water partition coefficient (Wildman–Crippen LogP) is 1.28. The molecule has 1 aromatic heterocycles. The molecule has 0 saturated carbocycles. The maximum atomic E-state index is 12.7. The molecule has 1 aliphatic rings. The third-order valence-corrected chi connectivity index (χ3v) is 5.56. The Morgan fingerprint density at radius 2 is 1.97 bits per heavy atom. The second-order valence-corrected chi connectivity index (χ2v) is 7.65. The molecule has 0 unspecified atom stereocenters. The third kappa shape index (κ3) is 4.37. The fourth-order valence-electron chi connectivity index (χ4n) is 2.67. The lowest BCUT2D eigenvalue weighted by Gasteiger charge is -2.24. The molecule has 0 aliphatic carbocycles. The standard InChI is InChI=1S/C19H20N4O5S/c1-23-17(19(24)21-12-13-6-4-5-9-20-13)11-16(22-29(23,25)26)15-10-14(27-2)7-8-18(15)28-3/h4-11H,12H2,1-3H3,(H,21,24). The summed E-state index contributed by atoms with van der Waals surface area (Å²) in [4.78, 5) is 16.8. The first-order valence-electron chi connectivity index (χ1n) is 8.56. The minimum atomic E-state index is -4.10. The van der Waals surface area contributed by atoms with Crippen molar-refractivity contribution in [1.82, 2.24) is 14.6 Å². The van der Waals surface area contributed by atoms with Crippen LogP contribution in [-0.4, -0.2) is 50.6 Å². The highest BCUT2D eigenvalue weighted by Gasteiger charge is 2.31. The molecule has 1 aliphatic heterocycles. The Morgan fingerprint density at radius 3 is 2.62 bits per heavy atom. The zero-order chi connectivity index (χ0) is 21.0. The van der Waals surface area contributed by atoms with Crippen molar-refractivity contribution >= 4 is 21.8 Å². The van der Waals surface area contributed by atoms with Crippen LogP contribution in [0.5, 0.6) is 11.5 Å². The molecule has 0 bridgehead atoms. The van der Waals surface area contributed by atoms with E-state index in [-0.39, 0.29) is 18.0 Å². The van der Waals surface area contributed by atoms with Gasteiger partial charge in [-0.3, -0.25) is 9.78 Å². The molecule has 3 rings (SSSR count). The molecule has 1 amide bonds. The van der Waals surface area contributed by atoms with E-state index in [1.54, 1.807) is 42.6 Å². The molecule has 29 heavy (non-hydrogen) atoms. The van der Waals surface area contributed by atoms with Crippen LogP contribution in [0.1, 0.15) is 11.3 Å². The van der Waals surface area contributed by atoms with Gasteiger partial charge >= 0.3 is 10.2 Å². The van der Waals surface area contributed by atoms with Gasteiger partial charge in [-0.25, -0.2) is 4.31 Å². The normalized spacial score (nSPS) is 15.2. The highest BCUT2D eigenvalue weighted by atomic mass is 32.2. The van der Waals surface area contributed by atoms with Crippen LogP contribution in [0, 0.1) is 0 Å². The van der Waals surface area contributed by atoms with E-state index >= 15 is 0 Å². The Kier molecular flexibility index (Phi) is 5.83. The number of carbonyl (C=O) groups excluding carboxylic acids is 1. The average molecular weight is 416 g/mol. The molecule has 0 radical (unpaired) electrons. The second-order valence-electron chi connectivity index (χ2n) is 6.02. The van der Waals surface area contributed by atoms with Crippen molar-refractivity contribution in [2.45, 2.75) is 6.54 Å². The van der Waals surface area contributed by atoms with Crippen LogP contribution in [-0.2, 0) is 21.5 Å². The van der Waals surface area contributed by atoms with Crippen LogP contribution in [0.3, 0.4) is 0 Å². The molecular formula is C19H20N4O5S. The number of likely N-dealkylation sites (N-methyl/N-ethyl adjacent to an activating group) is 1. The van der Waals surface area contributed by atoms with E-state index in [1.165, 1.54) is 27.3 Å². The summed E-state index contributed by atoms with van der Waals surface area (Å²) in [7, 11) is 0.117. The predicted molar refractivity (Wildman–Crippen MR) is 107 cm³/mol. The Labute approximate surface area is 168 Å². The maximum Gasteiger partial charge on any atom is 0.345 e. The largest absolute Gasteiger partial charge is 0.497 e. The van der Waals surface area contributed by atoms with Crippen LogP contribution >= 0.6 is 0 Å². The van der Waals surface area contributed by atoms with Crippen LogP contribution in [0.15, 0.2) is 58.8 Å². The number of carbonyl (C=O) groups is 1. The van der Waals surface area contributed by atoms with E-state index in [0.29, 0.717) is 22.8 Å². The SMILES string of the molecule is COc1ccc(OC)c(C2=NS(=O)(=O)N(C)C(C(=O)NCc3ccccn3)=C2)c1. The number of hydrogen-bond donors (Lipinski definition) is 1. The zero-order valence-corrected chi connectivity index (χ0v) is 16.9. The van der Waals surface area contributed by atoms with E-state index in [9.17, 15) is 13.2 Å². The maximum absolute atomic E-state index is 12.7. The summed E-state index contributed by atoms with van der Waals surface area (Å²) >= 11 is 0. The Balaban J connectivity index is 1.96. The van der Waals surface area contributed by atoms with Gasteiger partial charge in [0, 0.05) is 18.8 Å². The van der Waals surface area contributed by atoms with Gasteiger partial charge in [0.05, 0.1) is 32.2 Å². The van der Waals surface area contributed by atoms with Gasteiger partial charge in [0.2, 0.25) is 0 Å². The molecule has 9 nitrogen and oxygen atoms in total. The van der Waals surface area contributed by atoms with E-state index in [0.717, 1.165) is 4.31 Å². The minimum absolute atomic E-state index is 0.0711. The molecule has 2 aromatic rings. The molecule has 1 N–H and O–H groups in total. The molecule has 10 heteroatoms. The summed E-state index contributed by atoms with van der Waals surface area (Å²) < 4.78 is 40.2. The molecule has 0 atom stereocenters. The highest BCUT2D eigenvalue weighted by Crippen LogP contribution is 2.28. The molecule has 0 saturated heterocycles. The van der Waals surface area contributed by atoms with Crippen molar-refractivity contribution in [2.75, 3.05) is 21.3 Å². The number of methoxy groups -OCH3 is 2. The first-order chi connectivity index (χ1) is 13.9. The first-order valence-corrected chi connectivity index (χ1v) is 9.96. The fraction of sp³-hybridized carbons (Fsp3) is 0.211. The van der Waals surface area contributed by atoms with E-state index in [1.807, 2.05) is 0 Å². The third-order valence-electron chi connectivity index (χ3n) is 4.24.